The third kappa shape index (κ3) is 3.06. The molecule has 1 aliphatic rings. The summed E-state index contributed by atoms with van der Waals surface area (Å²) in [5.41, 5.74) is 0. The summed E-state index contributed by atoms with van der Waals surface area (Å²) in [5, 5.41) is 11.6. The van der Waals surface area contributed by atoms with Crippen LogP contribution in [0.5, 0.6) is 0 Å². The van der Waals surface area contributed by atoms with Crippen LogP contribution in [0.4, 0.5) is 0 Å². The van der Waals surface area contributed by atoms with Crippen molar-refractivity contribution in [3.05, 3.63) is 0 Å². The molecular formula is C8H17NO3. The highest BCUT2D eigenvalue weighted by atomic mass is 16.7. The number of hydrogen-bond acceptors (Lipinski definition) is 4. The molecule has 0 bridgehead atoms. The zero-order valence-corrected chi connectivity index (χ0v) is 7.67. The molecule has 0 aromatic heterocycles. The summed E-state index contributed by atoms with van der Waals surface area (Å²) in [6, 6.07) is 0. The predicted molar refractivity (Wildman–Crippen MR) is 44.9 cm³/mol. The van der Waals surface area contributed by atoms with Gasteiger partial charge in [-0.15, -0.1) is 0 Å². The Balaban J connectivity index is 2.11. The lowest BCUT2D eigenvalue weighted by Gasteiger charge is -2.17. The van der Waals surface area contributed by atoms with Gasteiger partial charge in [0.25, 0.3) is 0 Å². The van der Waals surface area contributed by atoms with Crippen molar-refractivity contribution < 1.29 is 14.6 Å². The normalized spacial score (nSPS) is 27.8. The molecule has 1 saturated heterocycles. The number of hydrogen-bond donors (Lipinski definition) is 2. The molecule has 2 N–H and O–H groups in total. The van der Waals surface area contributed by atoms with Gasteiger partial charge in [-0.25, -0.2) is 0 Å². The molecule has 0 saturated carbocycles. The van der Waals surface area contributed by atoms with Gasteiger partial charge in [-0.2, -0.15) is 0 Å². The molecule has 1 rings (SSSR count). The zero-order valence-electron chi connectivity index (χ0n) is 7.67. The second-order valence-electron chi connectivity index (χ2n) is 3.38. The molecule has 0 aliphatic carbocycles. The number of rotatable bonds is 4. The Morgan fingerprint density at radius 3 is 2.83 bits per heavy atom. The number of aliphatic hydroxyl groups excluding tert-OH is 1. The van der Waals surface area contributed by atoms with Crippen molar-refractivity contribution in [1.82, 2.24) is 5.32 Å². The monoisotopic (exact) mass is 175 g/mol. The largest absolute Gasteiger partial charge is 0.395 e. The van der Waals surface area contributed by atoms with E-state index >= 15 is 0 Å². The minimum Gasteiger partial charge on any atom is -0.395 e. The van der Waals surface area contributed by atoms with Crippen molar-refractivity contribution in [2.24, 2.45) is 0 Å². The van der Waals surface area contributed by atoms with E-state index in [2.05, 4.69) is 5.32 Å². The molecule has 0 radical (unpaired) electrons. The topological polar surface area (TPSA) is 50.7 Å². The van der Waals surface area contributed by atoms with Crippen LogP contribution in [0.2, 0.25) is 0 Å². The maximum atomic E-state index is 8.51. The fourth-order valence-corrected chi connectivity index (χ4v) is 1.21. The van der Waals surface area contributed by atoms with E-state index in [1.54, 1.807) is 0 Å². The second kappa shape index (κ2) is 4.18. The van der Waals surface area contributed by atoms with Gasteiger partial charge in [0.2, 0.25) is 0 Å². The Morgan fingerprint density at radius 2 is 2.33 bits per heavy atom. The molecular weight excluding hydrogens is 158 g/mol. The molecule has 1 fully saturated rings. The van der Waals surface area contributed by atoms with Crippen molar-refractivity contribution >= 4 is 0 Å². The third-order valence-electron chi connectivity index (χ3n) is 1.73. The molecule has 0 amide bonds. The fourth-order valence-electron chi connectivity index (χ4n) is 1.21. The number of ether oxygens (including phenoxy) is 2. The maximum absolute atomic E-state index is 8.51. The van der Waals surface area contributed by atoms with Gasteiger partial charge in [-0.3, -0.25) is 0 Å². The van der Waals surface area contributed by atoms with E-state index in [0.29, 0.717) is 13.2 Å². The van der Waals surface area contributed by atoms with Gasteiger partial charge < -0.3 is 19.9 Å². The highest BCUT2D eigenvalue weighted by molar-refractivity contribution is 4.72. The van der Waals surface area contributed by atoms with Crippen LogP contribution in [0.1, 0.15) is 13.8 Å². The Bertz CT molecular complexity index is 138. The van der Waals surface area contributed by atoms with E-state index < -0.39 is 5.79 Å². The number of nitrogens with one attached hydrogen (secondary N) is 1. The molecule has 1 aliphatic heterocycles. The van der Waals surface area contributed by atoms with E-state index in [0.717, 1.165) is 6.54 Å². The molecule has 1 atom stereocenters. The van der Waals surface area contributed by atoms with Crippen molar-refractivity contribution in [2.75, 3.05) is 26.3 Å². The molecule has 0 unspecified atom stereocenters. The third-order valence-corrected chi connectivity index (χ3v) is 1.73. The standard InChI is InChI=1S/C8H17NO3/c1-8(2)11-6-7(12-8)5-9-3-4-10/h7,9-10H,3-6H2,1-2H3/t7-/m0/s1. The summed E-state index contributed by atoms with van der Waals surface area (Å²) in [6.07, 6.45) is 0.117. The lowest BCUT2D eigenvalue weighted by atomic mass is 10.3. The summed E-state index contributed by atoms with van der Waals surface area (Å²) in [6.45, 7) is 5.95. The van der Waals surface area contributed by atoms with E-state index in [9.17, 15) is 0 Å². The SMILES string of the molecule is CC1(C)OC[C@H](CNCCO)O1. The highest BCUT2D eigenvalue weighted by Gasteiger charge is 2.31. The van der Waals surface area contributed by atoms with Gasteiger partial charge in [0.15, 0.2) is 5.79 Å². The first-order valence-electron chi connectivity index (χ1n) is 4.27. The average Bonchev–Trinajstić information content (AvgIpc) is 2.31. The Labute approximate surface area is 72.9 Å². The second-order valence-corrected chi connectivity index (χ2v) is 3.38. The molecule has 1 heterocycles. The summed E-state index contributed by atoms with van der Waals surface area (Å²) < 4.78 is 10.9. The van der Waals surface area contributed by atoms with Crippen molar-refractivity contribution in [1.29, 1.82) is 0 Å². The van der Waals surface area contributed by atoms with Gasteiger partial charge >= 0.3 is 0 Å². The van der Waals surface area contributed by atoms with Crippen molar-refractivity contribution in [2.45, 2.75) is 25.7 Å². The number of aliphatic hydroxyl groups is 1. The average molecular weight is 175 g/mol. The van der Waals surface area contributed by atoms with E-state index in [4.69, 9.17) is 14.6 Å². The smallest absolute Gasteiger partial charge is 0.163 e. The van der Waals surface area contributed by atoms with E-state index in [-0.39, 0.29) is 12.7 Å². The van der Waals surface area contributed by atoms with E-state index in [1.165, 1.54) is 0 Å². The lowest BCUT2D eigenvalue weighted by Crippen LogP contribution is -2.31. The van der Waals surface area contributed by atoms with E-state index in [1.807, 2.05) is 13.8 Å². The summed E-state index contributed by atoms with van der Waals surface area (Å²) in [7, 11) is 0. The molecule has 72 valence electrons. The van der Waals surface area contributed by atoms with Crippen LogP contribution >= 0.6 is 0 Å². The van der Waals surface area contributed by atoms with Crippen LogP contribution in [0.3, 0.4) is 0 Å². The van der Waals surface area contributed by atoms with Gasteiger partial charge in [0.1, 0.15) is 0 Å². The van der Waals surface area contributed by atoms with Crippen LogP contribution in [0, 0.1) is 0 Å². The highest BCUT2D eigenvalue weighted by Crippen LogP contribution is 2.21. The lowest BCUT2D eigenvalue weighted by molar-refractivity contribution is -0.137. The minimum absolute atomic E-state index is 0.117. The molecule has 0 aromatic carbocycles. The Kier molecular flexibility index (Phi) is 3.46. The molecule has 12 heavy (non-hydrogen) atoms. The minimum atomic E-state index is -0.439. The first kappa shape index (κ1) is 9.92. The van der Waals surface area contributed by atoms with Crippen molar-refractivity contribution in [3.8, 4) is 0 Å². The maximum Gasteiger partial charge on any atom is 0.163 e. The van der Waals surface area contributed by atoms with Gasteiger partial charge in [-0.05, 0) is 13.8 Å². The van der Waals surface area contributed by atoms with Crippen LogP contribution in [-0.4, -0.2) is 43.3 Å². The summed E-state index contributed by atoms with van der Waals surface area (Å²) in [4.78, 5) is 0. The first-order chi connectivity index (χ1) is 5.64. The predicted octanol–water partition coefficient (Wildman–Crippen LogP) is -0.280. The van der Waals surface area contributed by atoms with Gasteiger partial charge in [0.05, 0.1) is 19.3 Å². The molecule has 4 nitrogen and oxygen atoms in total. The Hall–Kier alpha value is -0.160. The quantitative estimate of drug-likeness (QED) is 0.577. The van der Waals surface area contributed by atoms with Crippen molar-refractivity contribution in [3.63, 3.8) is 0 Å². The fraction of sp³-hybridized carbons (Fsp3) is 1.00. The molecule has 4 heteroatoms. The van der Waals surface area contributed by atoms with Gasteiger partial charge in [-0.1, -0.05) is 0 Å². The van der Waals surface area contributed by atoms with Crippen LogP contribution in [0.15, 0.2) is 0 Å². The summed E-state index contributed by atoms with van der Waals surface area (Å²) in [5.74, 6) is -0.439. The first-order valence-corrected chi connectivity index (χ1v) is 4.27. The molecule has 0 spiro atoms. The van der Waals surface area contributed by atoms with Crippen LogP contribution in [0.25, 0.3) is 0 Å². The Morgan fingerprint density at radius 1 is 1.58 bits per heavy atom. The zero-order chi connectivity index (χ0) is 9.03. The molecule has 0 aromatic rings. The van der Waals surface area contributed by atoms with Crippen LogP contribution in [-0.2, 0) is 9.47 Å². The van der Waals surface area contributed by atoms with Gasteiger partial charge in [0, 0.05) is 13.1 Å². The van der Waals surface area contributed by atoms with Crippen LogP contribution < -0.4 is 5.32 Å². The summed E-state index contributed by atoms with van der Waals surface area (Å²) >= 11 is 0.